The molecule has 1 aliphatic heterocycles. The van der Waals surface area contributed by atoms with E-state index in [4.69, 9.17) is 0 Å². The lowest BCUT2D eigenvalue weighted by molar-refractivity contribution is -0.122. The van der Waals surface area contributed by atoms with Crippen LogP contribution in [0.4, 0.5) is 5.69 Å². The Morgan fingerprint density at radius 1 is 1.28 bits per heavy atom. The molecule has 94 valence electrons. The Kier molecular flexibility index (Phi) is 3.14. The highest BCUT2D eigenvalue weighted by Gasteiger charge is 2.28. The standard InChI is InChI=1S/C13H16N4O/c1-8-6-5-7-9(2)10(8)15-11-12(14-3)16-17(4)13(11)18/h5-7H,1-4H3,(H,14,16)/b15-11-. The zero-order chi connectivity index (χ0) is 13.3. The minimum Gasteiger partial charge on any atom is -0.370 e. The minimum absolute atomic E-state index is 0.193. The van der Waals surface area contributed by atoms with Gasteiger partial charge in [-0.15, -0.1) is 5.10 Å². The van der Waals surface area contributed by atoms with E-state index >= 15 is 0 Å². The topological polar surface area (TPSA) is 57.1 Å². The first-order chi connectivity index (χ1) is 8.54. The Labute approximate surface area is 106 Å². The number of para-hydroxylation sites is 1. The number of amides is 1. The first-order valence-electron chi connectivity index (χ1n) is 5.74. The van der Waals surface area contributed by atoms with Gasteiger partial charge in [0, 0.05) is 14.1 Å². The van der Waals surface area contributed by atoms with E-state index in [9.17, 15) is 4.79 Å². The van der Waals surface area contributed by atoms with Gasteiger partial charge in [-0.3, -0.25) is 4.79 Å². The summed E-state index contributed by atoms with van der Waals surface area (Å²) in [5.74, 6) is 0.312. The fourth-order valence-corrected chi connectivity index (χ4v) is 1.86. The number of nitrogens with zero attached hydrogens (tertiary/aromatic N) is 3. The molecule has 18 heavy (non-hydrogen) atoms. The molecule has 1 heterocycles. The maximum Gasteiger partial charge on any atom is 0.296 e. The highest BCUT2D eigenvalue weighted by molar-refractivity contribution is 6.68. The summed E-state index contributed by atoms with van der Waals surface area (Å²) in [7, 11) is 3.35. The zero-order valence-electron chi connectivity index (χ0n) is 11.0. The lowest BCUT2D eigenvalue weighted by Gasteiger charge is -2.06. The minimum atomic E-state index is -0.193. The van der Waals surface area contributed by atoms with E-state index < -0.39 is 0 Å². The Bertz CT molecular complexity index is 540. The van der Waals surface area contributed by atoms with Crippen LogP contribution in [0.3, 0.4) is 0 Å². The third kappa shape index (κ3) is 1.99. The number of aliphatic imine (C=N–C) groups is 1. The van der Waals surface area contributed by atoms with Gasteiger partial charge in [-0.05, 0) is 25.0 Å². The largest absolute Gasteiger partial charge is 0.370 e. The molecular formula is C13H16N4O. The Balaban J connectivity index is 2.51. The van der Waals surface area contributed by atoms with E-state index in [2.05, 4.69) is 15.4 Å². The summed E-state index contributed by atoms with van der Waals surface area (Å²) < 4.78 is 0. The molecule has 1 amide bonds. The van der Waals surface area contributed by atoms with Crippen LogP contribution in [0.1, 0.15) is 11.1 Å². The summed E-state index contributed by atoms with van der Waals surface area (Å²) >= 11 is 0. The van der Waals surface area contributed by atoms with Crippen LogP contribution in [0.25, 0.3) is 0 Å². The van der Waals surface area contributed by atoms with Gasteiger partial charge in [0.05, 0.1) is 5.69 Å². The van der Waals surface area contributed by atoms with Crippen LogP contribution in [-0.4, -0.2) is 36.6 Å². The summed E-state index contributed by atoms with van der Waals surface area (Å²) in [5, 5.41) is 8.26. The van der Waals surface area contributed by atoms with E-state index in [-0.39, 0.29) is 5.91 Å². The summed E-state index contributed by atoms with van der Waals surface area (Å²) in [6.45, 7) is 3.96. The highest BCUT2D eigenvalue weighted by Crippen LogP contribution is 2.24. The maximum absolute atomic E-state index is 11.9. The van der Waals surface area contributed by atoms with Crippen molar-refractivity contribution >= 4 is 23.1 Å². The van der Waals surface area contributed by atoms with Gasteiger partial charge in [0.1, 0.15) is 0 Å². The molecule has 0 aliphatic carbocycles. The lowest BCUT2D eigenvalue weighted by atomic mass is 10.1. The number of hydrogen-bond acceptors (Lipinski definition) is 4. The monoisotopic (exact) mass is 244 g/mol. The van der Waals surface area contributed by atoms with E-state index in [0.29, 0.717) is 11.5 Å². The van der Waals surface area contributed by atoms with Crippen molar-refractivity contribution in [2.24, 2.45) is 10.1 Å². The number of benzene rings is 1. The third-order valence-corrected chi connectivity index (χ3v) is 2.87. The summed E-state index contributed by atoms with van der Waals surface area (Å²) in [6, 6.07) is 5.93. The smallest absolute Gasteiger partial charge is 0.296 e. The molecule has 1 aliphatic rings. The van der Waals surface area contributed by atoms with Gasteiger partial charge in [0.15, 0.2) is 11.5 Å². The number of hydrogen-bond donors (Lipinski definition) is 1. The van der Waals surface area contributed by atoms with Crippen molar-refractivity contribution in [1.29, 1.82) is 0 Å². The average Bonchev–Trinajstić information content (AvgIpc) is 2.61. The molecule has 1 N–H and O–H groups in total. The predicted molar refractivity (Wildman–Crippen MR) is 72.3 cm³/mol. The molecule has 0 atom stereocenters. The number of amidine groups is 1. The number of aryl methyl sites for hydroxylation is 2. The van der Waals surface area contributed by atoms with Crippen molar-refractivity contribution in [1.82, 2.24) is 10.3 Å². The molecule has 0 saturated carbocycles. The fourth-order valence-electron chi connectivity index (χ4n) is 1.86. The molecule has 1 aromatic carbocycles. The van der Waals surface area contributed by atoms with Gasteiger partial charge in [-0.2, -0.15) is 0 Å². The van der Waals surface area contributed by atoms with Crippen molar-refractivity contribution in [3.63, 3.8) is 0 Å². The molecule has 0 radical (unpaired) electrons. The molecule has 0 saturated heterocycles. The second kappa shape index (κ2) is 4.60. The summed E-state index contributed by atoms with van der Waals surface area (Å²) in [5.41, 5.74) is 3.28. The van der Waals surface area contributed by atoms with E-state index in [1.165, 1.54) is 5.01 Å². The van der Waals surface area contributed by atoms with E-state index in [0.717, 1.165) is 16.8 Å². The maximum atomic E-state index is 11.9. The van der Waals surface area contributed by atoms with Crippen LogP contribution in [0.15, 0.2) is 28.3 Å². The second-order valence-electron chi connectivity index (χ2n) is 4.23. The van der Waals surface area contributed by atoms with Gasteiger partial charge in [-0.1, -0.05) is 18.2 Å². The number of nitrogens with one attached hydrogen (secondary N) is 1. The molecule has 5 heteroatoms. The van der Waals surface area contributed by atoms with Gasteiger partial charge >= 0.3 is 0 Å². The van der Waals surface area contributed by atoms with Crippen LogP contribution in [0.2, 0.25) is 0 Å². The summed E-state index contributed by atoms with van der Waals surface area (Å²) in [6.07, 6.45) is 0. The zero-order valence-corrected chi connectivity index (χ0v) is 11.0. The molecule has 5 nitrogen and oxygen atoms in total. The van der Waals surface area contributed by atoms with Crippen LogP contribution in [-0.2, 0) is 4.79 Å². The molecule has 0 unspecified atom stereocenters. The number of rotatable bonds is 1. The molecule has 0 fully saturated rings. The second-order valence-corrected chi connectivity index (χ2v) is 4.23. The normalized spacial score (nSPS) is 17.3. The predicted octanol–water partition coefficient (Wildman–Crippen LogP) is 1.38. The molecule has 1 aromatic rings. The van der Waals surface area contributed by atoms with Crippen molar-refractivity contribution in [2.75, 3.05) is 14.1 Å². The van der Waals surface area contributed by atoms with Gasteiger partial charge in [-0.25, -0.2) is 10.0 Å². The first-order valence-corrected chi connectivity index (χ1v) is 5.74. The van der Waals surface area contributed by atoms with E-state index in [1.54, 1.807) is 14.1 Å². The van der Waals surface area contributed by atoms with Crippen LogP contribution >= 0.6 is 0 Å². The van der Waals surface area contributed by atoms with Gasteiger partial charge in [0.2, 0.25) is 0 Å². The Morgan fingerprint density at radius 2 is 1.89 bits per heavy atom. The average molecular weight is 244 g/mol. The molecular weight excluding hydrogens is 228 g/mol. The Morgan fingerprint density at radius 3 is 2.44 bits per heavy atom. The number of carbonyl (C=O) groups is 1. The lowest BCUT2D eigenvalue weighted by Crippen LogP contribution is -2.30. The van der Waals surface area contributed by atoms with Crippen LogP contribution in [0, 0.1) is 13.8 Å². The van der Waals surface area contributed by atoms with E-state index in [1.807, 2.05) is 32.0 Å². The quantitative estimate of drug-likeness (QED) is 0.811. The van der Waals surface area contributed by atoms with Crippen molar-refractivity contribution < 1.29 is 4.79 Å². The van der Waals surface area contributed by atoms with Crippen molar-refractivity contribution in [3.05, 3.63) is 29.3 Å². The van der Waals surface area contributed by atoms with Crippen molar-refractivity contribution in [2.45, 2.75) is 13.8 Å². The van der Waals surface area contributed by atoms with Gasteiger partial charge in [0.25, 0.3) is 5.91 Å². The number of carbonyl (C=O) groups excluding carboxylic acids is 1. The number of hydrazone groups is 1. The van der Waals surface area contributed by atoms with Crippen molar-refractivity contribution in [3.8, 4) is 0 Å². The first kappa shape index (κ1) is 12.3. The molecule has 0 spiro atoms. The molecule has 2 rings (SSSR count). The highest BCUT2D eigenvalue weighted by atomic mass is 16.2. The third-order valence-electron chi connectivity index (χ3n) is 2.87. The SMILES string of the molecule is CNC1=NN(C)C(=O)/C1=N\c1c(C)cccc1C. The fraction of sp³-hybridized carbons (Fsp3) is 0.308. The van der Waals surface area contributed by atoms with Gasteiger partial charge < -0.3 is 5.32 Å². The van der Waals surface area contributed by atoms with Crippen LogP contribution in [0.5, 0.6) is 0 Å². The summed E-state index contributed by atoms with van der Waals surface area (Å²) in [4.78, 5) is 16.4. The molecule has 0 bridgehead atoms. The Hall–Kier alpha value is -2.17. The van der Waals surface area contributed by atoms with Crippen LogP contribution < -0.4 is 5.32 Å². The molecule has 0 aromatic heterocycles.